The van der Waals surface area contributed by atoms with Gasteiger partial charge in [0.2, 0.25) is 0 Å². The largest absolute Gasteiger partial charge is 0.337 e. The van der Waals surface area contributed by atoms with E-state index >= 15 is 0 Å². The summed E-state index contributed by atoms with van der Waals surface area (Å²) in [7, 11) is 0. The summed E-state index contributed by atoms with van der Waals surface area (Å²) in [6.45, 7) is 5.30. The van der Waals surface area contributed by atoms with Gasteiger partial charge in [-0.3, -0.25) is 14.7 Å². The lowest BCUT2D eigenvalue weighted by molar-refractivity contribution is -0.0671. The number of amides is 1. The molecule has 5 nitrogen and oxygen atoms in total. The van der Waals surface area contributed by atoms with Crippen molar-refractivity contribution < 1.29 is 4.79 Å². The third-order valence-electron chi connectivity index (χ3n) is 7.16. The maximum atomic E-state index is 13.3. The first kappa shape index (κ1) is 18.0. The van der Waals surface area contributed by atoms with E-state index in [0.717, 1.165) is 24.1 Å². The molecular weight excluding hydrogens is 348 g/mol. The summed E-state index contributed by atoms with van der Waals surface area (Å²) in [5, 5.41) is 0. The summed E-state index contributed by atoms with van der Waals surface area (Å²) in [6.07, 6.45) is 9.40. The lowest BCUT2D eigenvalue weighted by Crippen LogP contribution is -2.64. The first-order valence-corrected chi connectivity index (χ1v) is 11.0. The van der Waals surface area contributed by atoms with Crippen LogP contribution in [0.4, 0.5) is 0 Å². The van der Waals surface area contributed by atoms with Gasteiger partial charge in [-0.15, -0.1) is 0 Å². The molecule has 28 heavy (non-hydrogen) atoms. The van der Waals surface area contributed by atoms with E-state index in [1.54, 1.807) is 6.20 Å². The number of piperidine rings is 3. The topological polar surface area (TPSA) is 49.3 Å². The number of carbonyl (C=O) groups excluding carboxylic acids is 1. The zero-order valence-electron chi connectivity index (χ0n) is 16.8. The van der Waals surface area contributed by atoms with Crippen molar-refractivity contribution in [3.05, 3.63) is 36.2 Å². The number of hydrogen-bond acceptors (Lipinski definition) is 4. The maximum Gasteiger partial charge on any atom is 0.274 e. The van der Waals surface area contributed by atoms with Crippen molar-refractivity contribution >= 4 is 16.9 Å². The van der Waals surface area contributed by atoms with Gasteiger partial charge in [0.1, 0.15) is 5.69 Å². The fraction of sp³-hybridized carbons (Fsp3) is 0.609. The van der Waals surface area contributed by atoms with Gasteiger partial charge in [-0.1, -0.05) is 31.9 Å². The van der Waals surface area contributed by atoms with Gasteiger partial charge in [0.15, 0.2) is 0 Å². The SMILES string of the molecule is CCC[C@H]1[C@H]2C[C@H](CN(C(=O)c3cnc4ccccc4n3)C2)[C@@H]2CCCCN21. The number of nitrogens with zero attached hydrogens (tertiary/aromatic N) is 4. The minimum absolute atomic E-state index is 0.0625. The van der Waals surface area contributed by atoms with E-state index in [1.807, 2.05) is 24.3 Å². The molecule has 2 bridgehead atoms. The van der Waals surface area contributed by atoms with Crippen LogP contribution in [0.25, 0.3) is 11.0 Å². The van der Waals surface area contributed by atoms with Gasteiger partial charge in [0.25, 0.3) is 5.91 Å². The molecule has 1 amide bonds. The fourth-order valence-corrected chi connectivity index (χ4v) is 5.99. The van der Waals surface area contributed by atoms with Crippen LogP contribution in [0.2, 0.25) is 0 Å². The van der Waals surface area contributed by atoms with Crippen molar-refractivity contribution in [3.63, 3.8) is 0 Å². The molecule has 0 aliphatic carbocycles. The maximum absolute atomic E-state index is 13.3. The van der Waals surface area contributed by atoms with Gasteiger partial charge in [0.05, 0.1) is 17.2 Å². The molecule has 1 aromatic heterocycles. The molecule has 148 valence electrons. The van der Waals surface area contributed by atoms with Crippen molar-refractivity contribution in [1.82, 2.24) is 19.8 Å². The van der Waals surface area contributed by atoms with Crippen molar-refractivity contribution in [2.75, 3.05) is 19.6 Å². The summed E-state index contributed by atoms with van der Waals surface area (Å²) in [6, 6.07) is 9.08. The van der Waals surface area contributed by atoms with Crippen LogP contribution in [0.3, 0.4) is 0 Å². The number of hydrogen-bond donors (Lipinski definition) is 0. The fourth-order valence-electron chi connectivity index (χ4n) is 5.99. The highest BCUT2D eigenvalue weighted by Crippen LogP contribution is 2.42. The highest BCUT2D eigenvalue weighted by molar-refractivity contribution is 5.93. The molecule has 1 aromatic carbocycles. The highest BCUT2D eigenvalue weighted by atomic mass is 16.2. The average Bonchev–Trinajstić information content (AvgIpc) is 2.75. The molecule has 2 aromatic rings. The van der Waals surface area contributed by atoms with E-state index in [2.05, 4.69) is 26.7 Å². The van der Waals surface area contributed by atoms with Crippen LogP contribution >= 0.6 is 0 Å². The van der Waals surface area contributed by atoms with Crippen LogP contribution in [-0.2, 0) is 0 Å². The molecule has 3 aliphatic rings. The van der Waals surface area contributed by atoms with Crippen molar-refractivity contribution in [2.24, 2.45) is 11.8 Å². The third-order valence-corrected chi connectivity index (χ3v) is 7.16. The Morgan fingerprint density at radius 2 is 1.96 bits per heavy atom. The zero-order valence-corrected chi connectivity index (χ0v) is 16.8. The van der Waals surface area contributed by atoms with Gasteiger partial charge in [-0.05, 0) is 56.2 Å². The van der Waals surface area contributed by atoms with Crippen LogP contribution < -0.4 is 0 Å². The number of para-hydroxylation sites is 2. The van der Waals surface area contributed by atoms with E-state index < -0.39 is 0 Å². The Bertz CT molecular complexity index is 869. The van der Waals surface area contributed by atoms with E-state index in [0.29, 0.717) is 29.6 Å². The van der Waals surface area contributed by atoms with Gasteiger partial charge in [-0.25, -0.2) is 4.98 Å². The van der Waals surface area contributed by atoms with E-state index in [-0.39, 0.29) is 5.91 Å². The Morgan fingerprint density at radius 1 is 1.14 bits per heavy atom. The molecule has 0 saturated carbocycles. The second kappa shape index (κ2) is 7.43. The third kappa shape index (κ3) is 3.10. The minimum atomic E-state index is 0.0625. The Hall–Kier alpha value is -2.01. The monoisotopic (exact) mass is 378 g/mol. The lowest BCUT2D eigenvalue weighted by atomic mass is 9.71. The number of likely N-dealkylation sites (tertiary alicyclic amines) is 1. The number of rotatable bonds is 3. The van der Waals surface area contributed by atoms with Crippen LogP contribution in [0.15, 0.2) is 30.5 Å². The molecule has 4 heterocycles. The number of benzene rings is 1. The Balaban J connectivity index is 1.41. The molecule has 5 rings (SSSR count). The number of carbonyl (C=O) groups is 1. The lowest BCUT2D eigenvalue weighted by Gasteiger charge is -2.57. The normalized spacial score (nSPS) is 30.2. The number of fused-ring (bicyclic) bond motifs is 5. The molecule has 5 heteroatoms. The van der Waals surface area contributed by atoms with Gasteiger partial charge >= 0.3 is 0 Å². The number of aromatic nitrogens is 2. The van der Waals surface area contributed by atoms with Gasteiger partial charge in [0, 0.05) is 25.2 Å². The first-order chi connectivity index (χ1) is 13.7. The van der Waals surface area contributed by atoms with Crippen LogP contribution in [-0.4, -0.2) is 57.4 Å². The molecule has 4 atom stereocenters. The van der Waals surface area contributed by atoms with E-state index in [9.17, 15) is 4.79 Å². The molecule has 3 fully saturated rings. The molecule has 0 unspecified atom stereocenters. The average molecular weight is 379 g/mol. The summed E-state index contributed by atoms with van der Waals surface area (Å²) in [5.74, 6) is 1.28. The second-order valence-corrected chi connectivity index (χ2v) is 8.87. The van der Waals surface area contributed by atoms with Crippen LogP contribution in [0, 0.1) is 11.8 Å². The molecule has 0 spiro atoms. The predicted octanol–water partition coefficient (Wildman–Crippen LogP) is 3.74. The van der Waals surface area contributed by atoms with Gasteiger partial charge < -0.3 is 4.90 Å². The van der Waals surface area contributed by atoms with Crippen LogP contribution in [0.1, 0.15) is 55.9 Å². The predicted molar refractivity (Wildman–Crippen MR) is 110 cm³/mol. The smallest absolute Gasteiger partial charge is 0.274 e. The molecule has 3 aliphatic heterocycles. The van der Waals surface area contributed by atoms with Crippen molar-refractivity contribution in [3.8, 4) is 0 Å². The quantitative estimate of drug-likeness (QED) is 0.816. The van der Waals surface area contributed by atoms with Crippen LogP contribution in [0.5, 0.6) is 0 Å². The highest BCUT2D eigenvalue weighted by Gasteiger charge is 2.47. The summed E-state index contributed by atoms with van der Waals surface area (Å²) in [5.41, 5.74) is 2.13. The Morgan fingerprint density at radius 3 is 2.82 bits per heavy atom. The molecule has 3 saturated heterocycles. The molecule has 0 N–H and O–H groups in total. The summed E-state index contributed by atoms with van der Waals surface area (Å²) >= 11 is 0. The minimum Gasteiger partial charge on any atom is -0.337 e. The summed E-state index contributed by atoms with van der Waals surface area (Å²) < 4.78 is 0. The first-order valence-electron chi connectivity index (χ1n) is 11.0. The summed E-state index contributed by atoms with van der Waals surface area (Å²) in [4.78, 5) is 27.3. The Kier molecular flexibility index (Phi) is 4.79. The second-order valence-electron chi connectivity index (χ2n) is 8.87. The standard InChI is InChI=1S/C23H30N4O/c1-2-7-21-16-12-17(22-10-5-6-11-27(21)22)15-26(14-16)23(28)20-13-24-18-8-3-4-9-19(18)25-20/h3-4,8-9,13,16-17,21-22H,2,5-7,10-12,14-15H2,1H3/t16-,17+,21-,22-/m0/s1. The van der Waals surface area contributed by atoms with E-state index in [4.69, 9.17) is 0 Å². The molecule has 0 radical (unpaired) electrons. The zero-order chi connectivity index (χ0) is 19.1. The Labute approximate surface area is 167 Å². The van der Waals surface area contributed by atoms with Crippen molar-refractivity contribution in [1.29, 1.82) is 0 Å². The molecular formula is C23H30N4O. The van der Waals surface area contributed by atoms with E-state index in [1.165, 1.54) is 45.1 Å². The van der Waals surface area contributed by atoms with Crippen molar-refractivity contribution in [2.45, 2.75) is 57.5 Å². The van der Waals surface area contributed by atoms with Gasteiger partial charge in [-0.2, -0.15) is 0 Å².